The standard InChI is InChI=1S/C19H18F2N2O4/c1-2-12-6-3-4-9-15(12)23-16(24)10-22-17(25)11-27-19(26)18-13(20)7-5-8-14(18)21/h3-9H,2,10-11H2,1H3,(H,22,25)(H,23,24). The van der Waals surface area contributed by atoms with Crippen molar-refractivity contribution in [2.24, 2.45) is 0 Å². The molecule has 2 rings (SSSR count). The molecule has 0 bridgehead atoms. The van der Waals surface area contributed by atoms with Crippen molar-refractivity contribution >= 4 is 23.5 Å². The van der Waals surface area contributed by atoms with Crippen LogP contribution in [-0.2, 0) is 20.7 Å². The Bertz CT molecular complexity index is 835. The van der Waals surface area contributed by atoms with E-state index in [0.717, 1.165) is 30.2 Å². The number of ether oxygens (including phenoxy) is 1. The van der Waals surface area contributed by atoms with E-state index in [1.54, 1.807) is 12.1 Å². The highest BCUT2D eigenvalue weighted by molar-refractivity contribution is 5.96. The van der Waals surface area contributed by atoms with Crippen molar-refractivity contribution < 1.29 is 27.9 Å². The van der Waals surface area contributed by atoms with Gasteiger partial charge in [-0.2, -0.15) is 0 Å². The monoisotopic (exact) mass is 376 g/mol. The van der Waals surface area contributed by atoms with Crippen LogP contribution < -0.4 is 10.6 Å². The van der Waals surface area contributed by atoms with E-state index >= 15 is 0 Å². The number of benzene rings is 2. The third-order valence-corrected chi connectivity index (χ3v) is 3.62. The molecule has 6 nitrogen and oxygen atoms in total. The van der Waals surface area contributed by atoms with Crippen LogP contribution in [0, 0.1) is 11.6 Å². The molecule has 0 aromatic heterocycles. The van der Waals surface area contributed by atoms with E-state index in [1.165, 1.54) is 0 Å². The third kappa shape index (κ3) is 5.60. The number of hydrogen-bond acceptors (Lipinski definition) is 4. The van der Waals surface area contributed by atoms with Gasteiger partial charge in [-0.15, -0.1) is 0 Å². The van der Waals surface area contributed by atoms with E-state index < -0.39 is 41.6 Å². The first kappa shape index (κ1) is 20.0. The second-order valence-corrected chi connectivity index (χ2v) is 5.51. The fraction of sp³-hybridized carbons (Fsp3) is 0.211. The molecule has 2 N–H and O–H groups in total. The van der Waals surface area contributed by atoms with Gasteiger partial charge in [-0.3, -0.25) is 9.59 Å². The summed E-state index contributed by atoms with van der Waals surface area (Å²) in [6.07, 6.45) is 0.728. The average molecular weight is 376 g/mol. The number of carbonyl (C=O) groups excluding carboxylic acids is 3. The lowest BCUT2D eigenvalue weighted by Gasteiger charge is -2.10. The first-order valence-electron chi connectivity index (χ1n) is 8.18. The topological polar surface area (TPSA) is 84.5 Å². The Morgan fingerprint density at radius 3 is 2.30 bits per heavy atom. The molecule has 27 heavy (non-hydrogen) atoms. The second kappa shape index (κ2) is 9.42. The van der Waals surface area contributed by atoms with Gasteiger partial charge in [0.05, 0.1) is 6.54 Å². The maximum atomic E-state index is 13.5. The Morgan fingerprint density at radius 1 is 0.963 bits per heavy atom. The number of amides is 2. The highest BCUT2D eigenvalue weighted by Gasteiger charge is 2.19. The van der Waals surface area contributed by atoms with Gasteiger partial charge in [0.2, 0.25) is 5.91 Å². The summed E-state index contributed by atoms with van der Waals surface area (Å²) in [5, 5.41) is 4.92. The van der Waals surface area contributed by atoms with Crippen LogP contribution in [0.5, 0.6) is 0 Å². The fourth-order valence-corrected chi connectivity index (χ4v) is 2.27. The van der Waals surface area contributed by atoms with E-state index in [2.05, 4.69) is 15.4 Å². The number of nitrogens with one attached hydrogen (secondary N) is 2. The fourth-order valence-electron chi connectivity index (χ4n) is 2.27. The Kier molecular flexibility index (Phi) is 6.99. The lowest BCUT2D eigenvalue weighted by molar-refractivity contribution is -0.126. The summed E-state index contributed by atoms with van der Waals surface area (Å²) in [5.41, 5.74) is 0.706. The van der Waals surface area contributed by atoms with Gasteiger partial charge in [0.1, 0.15) is 17.2 Å². The lowest BCUT2D eigenvalue weighted by atomic mass is 10.1. The lowest BCUT2D eigenvalue weighted by Crippen LogP contribution is -2.35. The van der Waals surface area contributed by atoms with Crippen LogP contribution in [0.4, 0.5) is 14.5 Å². The van der Waals surface area contributed by atoms with Crippen molar-refractivity contribution in [1.29, 1.82) is 0 Å². The van der Waals surface area contributed by atoms with Crippen LogP contribution in [0.15, 0.2) is 42.5 Å². The van der Waals surface area contributed by atoms with E-state index in [-0.39, 0.29) is 6.54 Å². The number of carbonyl (C=O) groups is 3. The molecule has 2 amide bonds. The molecule has 2 aromatic rings. The Morgan fingerprint density at radius 2 is 1.63 bits per heavy atom. The molecule has 0 aliphatic rings. The molecule has 0 aliphatic heterocycles. The van der Waals surface area contributed by atoms with Crippen molar-refractivity contribution in [3.8, 4) is 0 Å². The number of anilines is 1. The molecule has 0 atom stereocenters. The number of halogens is 2. The predicted octanol–water partition coefficient (Wildman–Crippen LogP) is 2.44. The van der Waals surface area contributed by atoms with Gasteiger partial charge in [-0.25, -0.2) is 13.6 Å². The first-order chi connectivity index (χ1) is 12.9. The molecule has 8 heteroatoms. The molecule has 0 aliphatic carbocycles. The van der Waals surface area contributed by atoms with Gasteiger partial charge in [-0.1, -0.05) is 31.2 Å². The molecule has 0 heterocycles. The zero-order valence-electron chi connectivity index (χ0n) is 14.6. The van der Waals surface area contributed by atoms with Crippen molar-refractivity contribution in [2.75, 3.05) is 18.5 Å². The summed E-state index contributed by atoms with van der Waals surface area (Å²) in [6, 6.07) is 10.1. The van der Waals surface area contributed by atoms with E-state index in [0.29, 0.717) is 5.69 Å². The quantitative estimate of drug-likeness (QED) is 0.727. The molecule has 2 aromatic carbocycles. The first-order valence-corrected chi connectivity index (χ1v) is 8.18. The maximum absolute atomic E-state index is 13.5. The van der Waals surface area contributed by atoms with Crippen LogP contribution >= 0.6 is 0 Å². The van der Waals surface area contributed by atoms with Crippen LogP contribution in [0.1, 0.15) is 22.8 Å². The minimum atomic E-state index is -1.30. The van der Waals surface area contributed by atoms with Gasteiger partial charge in [0, 0.05) is 5.69 Å². The molecule has 0 spiro atoms. The number of esters is 1. The number of aryl methyl sites for hydroxylation is 1. The second-order valence-electron chi connectivity index (χ2n) is 5.51. The predicted molar refractivity (Wildman–Crippen MR) is 94.1 cm³/mol. The van der Waals surface area contributed by atoms with Gasteiger partial charge in [0.25, 0.3) is 5.91 Å². The molecular weight excluding hydrogens is 358 g/mol. The normalized spacial score (nSPS) is 10.2. The number of hydrogen-bond donors (Lipinski definition) is 2. The van der Waals surface area contributed by atoms with Crippen molar-refractivity contribution in [3.63, 3.8) is 0 Å². The van der Waals surface area contributed by atoms with E-state index in [4.69, 9.17) is 0 Å². The van der Waals surface area contributed by atoms with Gasteiger partial charge >= 0.3 is 5.97 Å². The van der Waals surface area contributed by atoms with Crippen LogP contribution in [-0.4, -0.2) is 30.9 Å². The summed E-state index contributed by atoms with van der Waals surface area (Å²) in [4.78, 5) is 35.3. The van der Waals surface area contributed by atoms with Crippen LogP contribution in [0.2, 0.25) is 0 Å². The van der Waals surface area contributed by atoms with Gasteiger partial charge in [-0.05, 0) is 30.2 Å². The summed E-state index contributed by atoms with van der Waals surface area (Å²) >= 11 is 0. The minimum Gasteiger partial charge on any atom is -0.452 e. The molecule has 0 saturated carbocycles. The number of rotatable bonds is 7. The zero-order valence-corrected chi connectivity index (χ0v) is 14.6. The van der Waals surface area contributed by atoms with E-state index in [9.17, 15) is 23.2 Å². The minimum absolute atomic E-state index is 0.345. The molecule has 142 valence electrons. The van der Waals surface area contributed by atoms with Gasteiger partial charge in [0.15, 0.2) is 6.61 Å². The number of para-hydroxylation sites is 1. The molecular formula is C19H18F2N2O4. The Hall–Kier alpha value is -3.29. The average Bonchev–Trinajstić information content (AvgIpc) is 2.65. The summed E-state index contributed by atoms with van der Waals surface area (Å²) in [5.74, 6) is -4.72. The summed E-state index contributed by atoms with van der Waals surface area (Å²) in [6.45, 7) is 0.827. The summed E-state index contributed by atoms with van der Waals surface area (Å²) in [7, 11) is 0. The van der Waals surface area contributed by atoms with Crippen LogP contribution in [0.25, 0.3) is 0 Å². The smallest absolute Gasteiger partial charge is 0.344 e. The molecule has 0 unspecified atom stereocenters. The summed E-state index contributed by atoms with van der Waals surface area (Å²) < 4.78 is 31.5. The van der Waals surface area contributed by atoms with Crippen molar-refractivity contribution in [1.82, 2.24) is 5.32 Å². The van der Waals surface area contributed by atoms with Gasteiger partial charge < -0.3 is 15.4 Å². The molecule has 0 saturated heterocycles. The zero-order chi connectivity index (χ0) is 19.8. The molecule has 0 radical (unpaired) electrons. The Labute approximate surface area is 154 Å². The van der Waals surface area contributed by atoms with Crippen molar-refractivity contribution in [3.05, 3.63) is 65.2 Å². The van der Waals surface area contributed by atoms with Crippen molar-refractivity contribution in [2.45, 2.75) is 13.3 Å². The Balaban J connectivity index is 1.80. The highest BCUT2D eigenvalue weighted by atomic mass is 19.1. The molecule has 0 fully saturated rings. The third-order valence-electron chi connectivity index (χ3n) is 3.62. The highest BCUT2D eigenvalue weighted by Crippen LogP contribution is 2.15. The van der Waals surface area contributed by atoms with E-state index in [1.807, 2.05) is 19.1 Å². The SMILES string of the molecule is CCc1ccccc1NC(=O)CNC(=O)COC(=O)c1c(F)cccc1F. The largest absolute Gasteiger partial charge is 0.452 e. The maximum Gasteiger partial charge on any atom is 0.344 e. The van der Waals surface area contributed by atoms with Crippen LogP contribution in [0.3, 0.4) is 0 Å².